The van der Waals surface area contributed by atoms with Gasteiger partial charge in [0.25, 0.3) is 5.91 Å². The van der Waals surface area contributed by atoms with E-state index in [1.54, 1.807) is 30.5 Å². The average Bonchev–Trinajstić information content (AvgIpc) is 2.46. The summed E-state index contributed by atoms with van der Waals surface area (Å²) in [5.41, 5.74) is 7.98. The lowest BCUT2D eigenvalue weighted by molar-refractivity contribution is 0.102. The van der Waals surface area contributed by atoms with Crippen LogP contribution < -0.4 is 11.1 Å². The Labute approximate surface area is 128 Å². The smallest absolute Gasteiger partial charge is 0.257 e. The molecule has 3 N–H and O–H groups in total. The number of nitrogens with one attached hydrogen (secondary N) is 1. The minimum Gasteiger partial charge on any atom is -0.321 e. The molecule has 2 aromatic rings. The number of nitrogens with zero attached hydrogens (tertiary/aromatic N) is 1. The summed E-state index contributed by atoms with van der Waals surface area (Å²) in [5.74, 6) is 5.40. The zero-order chi connectivity index (χ0) is 15.2. The van der Waals surface area contributed by atoms with Gasteiger partial charge in [0.1, 0.15) is 0 Å². The second-order valence-electron chi connectivity index (χ2n) is 4.40. The third-order valence-electron chi connectivity index (χ3n) is 2.69. The standard InChI is InChI=1S/C16H14ClN3O/c1-11-7-13(10-19-9-11)16(21)20-15-8-14(17)5-4-12(15)3-2-6-18/h4-5,7-10H,6,18H2,1H3,(H,20,21). The summed E-state index contributed by atoms with van der Waals surface area (Å²) >= 11 is 5.97. The van der Waals surface area contributed by atoms with Crippen LogP contribution in [0.15, 0.2) is 36.7 Å². The largest absolute Gasteiger partial charge is 0.321 e. The number of hydrogen-bond acceptors (Lipinski definition) is 3. The highest BCUT2D eigenvalue weighted by atomic mass is 35.5. The molecule has 106 valence electrons. The zero-order valence-corrected chi connectivity index (χ0v) is 12.2. The van der Waals surface area contributed by atoms with Crippen molar-refractivity contribution < 1.29 is 4.79 Å². The molecule has 1 amide bonds. The molecular weight excluding hydrogens is 286 g/mol. The molecule has 0 aliphatic rings. The summed E-state index contributed by atoms with van der Waals surface area (Å²) in [4.78, 5) is 16.2. The van der Waals surface area contributed by atoms with E-state index in [0.29, 0.717) is 21.8 Å². The van der Waals surface area contributed by atoms with Gasteiger partial charge in [-0.05, 0) is 36.8 Å². The number of anilines is 1. The highest BCUT2D eigenvalue weighted by molar-refractivity contribution is 6.31. The van der Waals surface area contributed by atoms with Gasteiger partial charge in [-0.3, -0.25) is 9.78 Å². The van der Waals surface area contributed by atoms with E-state index >= 15 is 0 Å². The van der Waals surface area contributed by atoms with E-state index in [0.717, 1.165) is 5.56 Å². The Hall–Kier alpha value is -2.35. The Morgan fingerprint density at radius 3 is 2.90 bits per heavy atom. The minimum absolute atomic E-state index is 0.248. The van der Waals surface area contributed by atoms with E-state index in [9.17, 15) is 4.79 Å². The normalized spacial score (nSPS) is 9.67. The van der Waals surface area contributed by atoms with Crippen LogP contribution in [-0.2, 0) is 0 Å². The van der Waals surface area contributed by atoms with E-state index in [1.165, 1.54) is 6.20 Å². The van der Waals surface area contributed by atoms with Gasteiger partial charge in [0.15, 0.2) is 0 Å². The van der Waals surface area contributed by atoms with Crippen LogP contribution in [0.5, 0.6) is 0 Å². The van der Waals surface area contributed by atoms with E-state index in [1.807, 2.05) is 6.92 Å². The number of amides is 1. The molecule has 0 bridgehead atoms. The maximum Gasteiger partial charge on any atom is 0.257 e. The van der Waals surface area contributed by atoms with Gasteiger partial charge < -0.3 is 11.1 Å². The number of aromatic nitrogens is 1. The molecule has 0 radical (unpaired) electrons. The Balaban J connectivity index is 2.30. The van der Waals surface area contributed by atoms with Gasteiger partial charge in [0.2, 0.25) is 0 Å². The Bertz CT molecular complexity index is 732. The van der Waals surface area contributed by atoms with Gasteiger partial charge in [-0.2, -0.15) is 0 Å². The molecule has 0 aliphatic carbocycles. The molecule has 0 aliphatic heterocycles. The van der Waals surface area contributed by atoms with Crippen LogP contribution in [0.4, 0.5) is 5.69 Å². The molecule has 1 aromatic carbocycles. The van der Waals surface area contributed by atoms with Gasteiger partial charge >= 0.3 is 0 Å². The lowest BCUT2D eigenvalue weighted by Gasteiger charge is -2.08. The molecule has 1 aromatic heterocycles. The molecule has 5 heteroatoms. The van der Waals surface area contributed by atoms with E-state index in [-0.39, 0.29) is 12.5 Å². The third-order valence-corrected chi connectivity index (χ3v) is 2.93. The van der Waals surface area contributed by atoms with E-state index in [4.69, 9.17) is 17.3 Å². The number of benzene rings is 1. The summed E-state index contributed by atoms with van der Waals surface area (Å²) in [7, 11) is 0. The Morgan fingerprint density at radius 2 is 2.19 bits per heavy atom. The maximum atomic E-state index is 12.2. The molecule has 0 saturated carbocycles. The molecule has 0 fully saturated rings. The number of carbonyl (C=O) groups is 1. The molecule has 0 spiro atoms. The van der Waals surface area contributed by atoms with Gasteiger partial charge in [-0.25, -0.2) is 0 Å². The van der Waals surface area contributed by atoms with E-state index < -0.39 is 0 Å². The molecule has 21 heavy (non-hydrogen) atoms. The quantitative estimate of drug-likeness (QED) is 0.838. The van der Waals surface area contributed by atoms with E-state index in [2.05, 4.69) is 22.1 Å². The first-order valence-corrected chi connectivity index (χ1v) is 6.69. The number of pyridine rings is 1. The lowest BCUT2D eigenvalue weighted by atomic mass is 10.1. The van der Waals surface area contributed by atoms with Crippen molar-refractivity contribution in [2.45, 2.75) is 6.92 Å². The SMILES string of the molecule is Cc1cncc(C(=O)Nc2cc(Cl)ccc2C#CCN)c1. The Morgan fingerprint density at radius 1 is 1.38 bits per heavy atom. The number of carbonyl (C=O) groups excluding carboxylic acids is 1. The number of halogens is 1. The fraction of sp³-hybridized carbons (Fsp3) is 0.125. The highest BCUT2D eigenvalue weighted by Crippen LogP contribution is 2.21. The van der Waals surface area contributed by atoms with Crippen molar-refractivity contribution in [3.63, 3.8) is 0 Å². The van der Waals surface area contributed by atoms with Crippen LogP contribution in [0.25, 0.3) is 0 Å². The predicted octanol–water partition coefficient (Wildman–Crippen LogP) is 2.61. The van der Waals surface area contributed by atoms with Crippen molar-refractivity contribution in [2.24, 2.45) is 5.73 Å². The minimum atomic E-state index is -0.260. The third kappa shape index (κ3) is 4.06. The Kier molecular flexibility index (Phi) is 4.94. The molecule has 4 nitrogen and oxygen atoms in total. The lowest BCUT2D eigenvalue weighted by Crippen LogP contribution is -2.13. The summed E-state index contributed by atoms with van der Waals surface area (Å²) in [5, 5.41) is 3.32. The van der Waals surface area contributed by atoms with Gasteiger partial charge in [0.05, 0.1) is 17.8 Å². The van der Waals surface area contributed by atoms with Gasteiger partial charge in [0, 0.05) is 23.0 Å². The summed E-state index contributed by atoms with van der Waals surface area (Å²) < 4.78 is 0. The summed E-state index contributed by atoms with van der Waals surface area (Å²) in [6, 6.07) is 6.88. The number of nitrogens with two attached hydrogens (primary N) is 1. The average molecular weight is 300 g/mol. The molecule has 2 rings (SSSR count). The fourth-order valence-electron chi connectivity index (χ4n) is 1.75. The number of hydrogen-bond donors (Lipinski definition) is 2. The van der Waals surface area contributed by atoms with Crippen LogP contribution in [-0.4, -0.2) is 17.4 Å². The summed E-state index contributed by atoms with van der Waals surface area (Å²) in [6.45, 7) is 2.12. The van der Waals surface area contributed by atoms with Crippen LogP contribution >= 0.6 is 11.6 Å². The zero-order valence-electron chi connectivity index (χ0n) is 11.5. The fourth-order valence-corrected chi connectivity index (χ4v) is 1.92. The number of rotatable bonds is 2. The molecular formula is C16H14ClN3O. The van der Waals surface area contributed by atoms with Crippen molar-refractivity contribution in [2.75, 3.05) is 11.9 Å². The topological polar surface area (TPSA) is 68.0 Å². The maximum absolute atomic E-state index is 12.2. The van der Waals surface area contributed by atoms with Crippen LogP contribution in [0.2, 0.25) is 5.02 Å². The van der Waals surface area contributed by atoms with Crippen LogP contribution in [0.3, 0.4) is 0 Å². The first kappa shape index (κ1) is 15.0. The van der Waals surface area contributed by atoms with Crippen molar-refractivity contribution in [1.82, 2.24) is 4.98 Å². The monoisotopic (exact) mass is 299 g/mol. The van der Waals surface area contributed by atoms with Gasteiger partial charge in [-0.1, -0.05) is 23.4 Å². The first-order valence-electron chi connectivity index (χ1n) is 6.31. The molecule has 0 saturated heterocycles. The molecule has 0 atom stereocenters. The van der Waals surface area contributed by atoms with Crippen molar-refractivity contribution in [3.05, 3.63) is 58.4 Å². The van der Waals surface area contributed by atoms with Crippen molar-refractivity contribution >= 4 is 23.2 Å². The number of aryl methyl sites for hydroxylation is 1. The predicted molar refractivity (Wildman–Crippen MR) is 84.3 cm³/mol. The van der Waals surface area contributed by atoms with Crippen LogP contribution in [0, 0.1) is 18.8 Å². The second kappa shape index (κ2) is 6.89. The summed E-state index contributed by atoms with van der Waals surface area (Å²) in [6.07, 6.45) is 3.20. The van der Waals surface area contributed by atoms with Crippen molar-refractivity contribution in [1.29, 1.82) is 0 Å². The van der Waals surface area contributed by atoms with Gasteiger partial charge in [-0.15, -0.1) is 0 Å². The first-order chi connectivity index (χ1) is 10.1. The van der Waals surface area contributed by atoms with Crippen molar-refractivity contribution in [3.8, 4) is 11.8 Å². The van der Waals surface area contributed by atoms with Crippen LogP contribution in [0.1, 0.15) is 21.5 Å². The molecule has 0 unspecified atom stereocenters. The molecule has 1 heterocycles. The highest BCUT2D eigenvalue weighted by Gasteiger charge is 2.09. The second-order valence-corrected chi connectivity index (χ2v) is 4.84.